The Hall–Kier alpha value is -1.32. The summed E-state index contributed by atoms with van der Waals surface area (Å²) in [4.78, 5) is 0. The summed E-state index contributed by atoms with van der Waals surface area (Å²) in [6, 6.07) is 17.3. The van der Waals surface area contributed by atoms with Crippen molar-refractivity contribution >= 4 is 38.4 Å². The fraction of sp³-hybridized carbons (Fsp3) is 0. The van der Waals surface area contributed by atoms with E-state index in [9.17, 15) is 0 Å². The molecule has 0 radical (unpaired) electrons. The third kappa shape index (κ3) is 3.58. The van der Waals surface area contributed by atoms with E-state index in [1.165, 1.54) is 0 Å². The first-order valence-electron chi connectivity index (χ1n) is 5.06. The third-order valence-corrected chi connectivity index (χ3v) is 2.97. The molecule has 0 aliphatic heterocycles. The van der Waals surface area contributed by atoms with Crippen LogP contribution in [0.5, 0.6) is 0 Å². The SMILES string of the molecule is ClC(=NNc1ccc(Br)cc1)c1ccccc1. The fourth-order valence-electron chi connectivity index (χ4n) is 1.28. The van der Waals surface area contributed by atoms with Crippen LogP contribution in [0.2, 0.25) is 0 Å². The molecule has 4 heteroatoms. The molecule has 2 aromatic rings. The highest BCUT2D eigenvalue weighted by atomic mass is 79.9. The van der Waals surface area contributed by atoms with Gasteiger partial charge in [-0.05, 0) is 24.3 Å². The molecule has 0 unspecified atom stereocenters. The summed E-state index contributed by atoms with van der Waals surface area (Å²) in [7, 11) is 0. The van der Waals surface area contributed by atoms with E-state index in [2.05, 4.69) is 26.5 Å². The van der Waals surface area contributed by atoms with Crippen LogP contribution in [0, 0.1) is 0 Å². The number of hydrazone groups is 1. The van der Waals surface area contributed by atoms with Crippen molar-refractivity contribution in [2.45, 2.75) is 0 Å². The van der Waals surface area contributed by atoms with E-state index in [1.54, 1.807) is 0 Å². The van der Waals surface area contributed by atoms with Crippen molar-refractivity contribution < 1.29 is 0 Å². The van der Waals surface area contributed by atoms with Gasteiger partial charge in [-0.2, -0.15) is 5.10 Å². The first-order valence-corrected chi connectivity index (χ1v) is 6.23. The van der Waals surface area contributed by atoms with Crippen LogP contribution in [0.4, 0.5) is 5.69 Å². The van der Waals surface area contributed by atoms with Gasteiger partial charge in [0.2, 0.25) is 0 Å². The molecule has 2 aromatic carbocycles. The smallest absolute Gasteiger partial charge is 0.156 e. The van der Waals surface area contributed by atoms with Crippen LogP contribution >= 0.6 is 27.5 Å². The number of nitrogens with zero attached hydrogens (tertiary/aromatic N) is 1. The maximum atomic E-state index is 6.07. The molecule has 0 aliphatic carbocycles. The molecule has 0 aromatic heterocycles. The summed E-state index contributed by atoms with van der Waals surface area (Å²) < 4.78 is 1.03. The van der Waals surface area contributed by atoms with Crippen molar-refractivity contribution in [3.05, 3.63) is 64.6 Å². The van der Waals surface area contributed by atoms with Gasteiger partial charge in [-0.3, -0.25) is 5.43 Å². The average Bonchev–Trinajstić information content (AvgIpc) is 2.39. The summed E-state index contributed by atoms with van der Waals surface area (Å²) in [5.41, 5.74) is 4.68. The number of halogens is 2. The van der Waals surface area contributed by atoms with Crippen molar-refractivity contribution in [2.24, 2.45) is 5.10 Å². The Morgan fingerprint density at radius 1 is 1.00 bits per heavy atom. The van der Waals surface area contributed by atoms with E-state index in [4.69, 9.17) is 11.6 Å². The summed E-state index contributed by atoms with van der Waals surface area (Å²) in [5.74, 6) is 0. The third-order valence-electron chi connectivity index (χ3n) is 2.14. The van der Waals surface area contributed by atoms with Gasteiger partial charge in [0.15, 0.2) is 5.17 Å². The molecule has 0 fully saturated rings. The zero-order valence-electron chi connectivity index (χ0n) is 8.90. The van der Waals surface area contributed by atoms with Crippen LogP contribution in [0.25, 0.3) is 0 Å². The molecule has 0 saturated heterocycles. The molecular weight excluding hydrogens is 300 g/mol. The molecule has 17 heavy (non-hydrogen) atoms. The minimum Gasteiger partial charge on any atom is -0.277 e. The minimum absolute atomic E-state index is 0.438. The summed E-state index contributed by atoms with van der Waals surface area (Å²) in [5, 5.41) is 4.55. The van der Waals surface area contributed by atoms with Crippen LogP contribution in [0.3, 0.4) is 0 Å². The molecule has 0 atom stereocenters. The molecular formula is C13H10BrClN2. The van der Waals surface area contributed by atoms with Gasteiger partial charge in [-0.15, -0.1) is 0 Å². The molecule has 0 amide bonds. The van der Waals surface area contributed by atoms with Gasteiger partial charge < -0.3 is 0 Å². The van der Waals surface area contributed by atoms with Gasteiger partial charge in [-0.1, -0.05) is 57.9 Å². The van der Waals surface area contributed by atoms with E-state index < -0.39 is 0 Å². The fourth-order valence-corrected chi connectivity index (χ4v) is 1.71. The highest BCUT2D eigenvalue weighted by Crippen LogP contribution is 2.14. The number of hydrogen-bond donors (Lipinski definition) is 1. The first kappa shape index (κ1) is 12.1. The summed E-state index contributed by atoms with van der Waals surface area (Å²) in [6.45, 7) is 0. The van der Waals surface area contributed by atoms with Crippen LogP contribution in [-0.4, -0.2) is 5.17 Å². The molecule has 0 saturated carbocycles. The van der Waals surface area contributed by atoms with Crippen molar-refractivity contribution in [1.82, 2.24) is 0 Å². The second-order valence-electron chi connectivity index (χ2n) is 3.39. The lowest BCUT2D eigenvalue weighted by Gasteiger charge is -2.02. The molecule has 2 rings (SSSR count). The number of anilines is 1. The van der Waals surface area contributed by atoms with Gasteiger partial charge in [0.1, 0.15) is 0 Å². The predicted molar refractivity (Wildman–Crippen MR) is 76.6 cm³/mol. The van der Waals surface area contributed by atoms with Crippen molar-refractivity contribution in [2.75, 3.05) is 5.43 Å². The maximum absolute atomic E-state index is 6.07. The highest BCUT2D eigenvalue weighted by molar-refractivity contribution is 9.10. The minimum atomic E-state index is 0.438. The Bertz CT molecular complexity index is 509. The summed E-state index contributed by atoms with van der Waals surface area (Å²) >= 11 is 9.44. The standard InChI is InChI=1S/C13H10BrClN2/c14-11-6-8-12(9-7-11)16-17-13(15)10-4-2-1-3-5-10/h1-9,16H. The quantitative estimate of drug-likeness (QED) is 0.657. The maximum Gasteiger partial charge on any atom is 0.156 e. The number of hydrogen-bond acceptors (Lipinski definition) is 2. The lowest BCUT2D eigenvalue weighted by molar-refractivity contribution is 1.34. The van der Waals surface area contributed by atoms with Crippen LogP contribution in [0.15, 0.2) is 64.2 Å². The Labute approximate surface area is 113 Å². The Morgan fingerprint density at radius 2 is 1.65 bits per heavy atom. The van der Waals surface area contributed by atoms with E-state index in [0.29, 0.717) is 5.17 Å². The second kappa shape index (κ2) is 5.84. The van der Waals surface area contributed by atoms with E-state index in [-0.39, 0.29) is 0 Å². The molecule has 0 heterocycles. The predicted octanol–water partition coefficient (Wildman–Crippen LogP) is 4.46. The Kier molecular flexibility index (Phi) is 4.18. The molecule has 2 nitrogen and oxygen atoms in total. The van der Waals surface area contributed by atoms with Crippen molar-refractivity contribution in [3.8, 4) is 0 Å². The first-order chi connectivity index (χ1) is 8.25. The zero-order valence-corrected chi connectivity index (χ0v) is 11.2. The van der Waals surface area contributed by atoms with Crippen LogP contribution in [0.1, 0.15) is 5.56 Å². The van der Waals surface area contributed by atoms with Crippen LogP contribution < -0.4 is 5.43 Å². The molecule has 1 N–H and O–H groups in total. The number of rotatable bonds is 3. The van der Waals surface area contributed by atoms with Crippen LogP contribution in [-0.2, 0) is 0 Å². The molecule has 0 spiro atoms. The largest absolute Gasteiger partial charge is 0.277 e. The lowest BCUT2D eigenvalue weighted by Crippen LogP contribution is -1.96. The molecule has 86 valence electrons. The van der Waals surface area contributed by atoms with Gasteiger partial charge in [0.25, 0.3) is 0 Å². The summed E-state index contributed by atoms with van der Waals surface area (Å²) in [6.07, 6.45) is 0. The number of nitrogens with one attached hydrogen (secondary N) is 1. The van der Waals surface area contributed by atoms with E-state index in [1.807, 2.05) is 54.6 Å². The van der Waals surface area contributed by atoms with Crippen molar-refractivity contribution in [1.29, 1.82) is 0 Å². The number of benzene rings is 2. The van der Waals surface area contributed by atoms with E-state index in [0.717, 1.165) is 15.7 Å². The second-order valence-corrected chi connectivity index (χ2v) is 4.66. The molecule has 0 bridgehead atoms. The normalized spacial score (nSPS) is 11.3. The van der Waals surface area contributed by atoms with E-state index >= 15 is 0 Å². The van der Waals surface area contributed by atoms with Gasteiger partial charge in [0, 0.05) is 10.0 Å². The molecule has 0 aliphatic rings. The zero-order chi connectivity index (χ0) is 12.1. The van der Waals surface area contributed by atoms with Gasteiger partial charge in [-0.25, -0.2) is 0 Å². The van der Waals surface area contributed by atoms with Crippen molar-refractivity contribution in [3.63, 3.8) is 0 Å². The topological polar surface area (TPSA) is 24.4 Å². The Morgan fingerprint density at radius 3 is 2.29 bits per heavy atom. The van der Waals surface area contributed by atoms with Gasteiger partial charge >= 0.3 is 0 Å². The van der Waals surface area contributed by atoms with Gasteiger partial charge in [0.05, 0.1) is 5.69 Å². The lowest BCUT2D eigenvalue weighted by atomic mass is 10.2. The highest BCUT2D eigenvalue weighted by Gasteiger charge is 1.97. The Balaban J connectivity index is 2.08. The average molecular weight is 310 g/mol. The monoisotopic (exact) mass is 308 g/mol.